The van der Waals surface area contributed by atoms with Gasteiger partial charge in [0.15, 0.2) is 9.84 Å². The van der Waals surface area contributed by atoms with Crippen molar-refractivity contribution in [1.82, 2.24) is 0 Å². The van der Waals surface area contributed by atoms with Crippen LogP contribution >= 0.6 is 0 Å². The molecule has 1 aliphatic heterocycles. The number of nitrogens with one attached hydrogen (secondary N) is 1. The molecule has 1 saturated heterocycles. The monoisotopic (exact) mass is 371 g/mol. The van der Waals surface area contributed by atoms with Gasteiger partial charge in [-0.2, -0.15) is 0 Å². The van der Waals surface area contributed by atoms with E-state index >= 15 is 0 Å². The maximum atomic E-state index is 12.2. The summed E-state index contributed by atoms with van der Waals surface area (Å²) in [6, 6.07) is 3.81. The summed E-state index contributed by atoms with van der Waals surface area (Å²) in [6.07, 6.45) is 2.28. The van der Waals surface area contributed by atoms with Crippen molar-refractivity contribution in [2.24, 2.45) is 0 Å². The summed E-state index contributed by atoms with van der Waals surface area (Å²) in [5.74, 6) is -0.727. The van der Waals surface area contributed by atoms with Crippen molar-refractivity contribution in [3.8, 4) is 5.75 Å². The fraction of sp³-hybridized carbons (Fsp3) is 0.588. The molecule has 8 heteroatoms. The highest BCUT2D eigenvalue weighted by molar-refractivity contribution is 7.91. The van der Waals surface area contributed by atoms with E-state index in [1.54, 1.807) is 6.92 Å². The fourth-order valence-corrected chi connectivity index (χ4v) is 3.38. The van der Waals surface area contributed by atoms with Gasteiger partial charge in [-0.05, 0) is 44.4 Å². The van der Waals surface area contributed by atoms with E-state index in [1.165, 1.54) is 25.1 Å². The Morgan fingerprint density at radius 1 is 1.44 bits per heavy atom. The van der Waals surface area contributed by atoms with E-state index in [0.717, 1.165) is 19.3 Å². The molecule has 2 atom stereocenters. The molecule has 0 unspecified atom stereocenters. The van der Waals surface area contributed by atoms with Crippen molar-refractivity contribution in [1.29, 1.82) is 0 Å². The van der Waals surface area contributed by atoms with E-state index in [0.29, 0.717) is 13.2 Å². The number of benzene rings is 1. The van der Waals surface area contributed by atoms with Crippen molar-refractivity contribution < 1.29 is 27.8 Å². The number of carbonyl (C=O) groups excluding carboxylic acids is 1. The summed E-state index contributed by atoms with van der Waals surface area (Å²) >= 11 is 0. The van der Waals surface area contributed by atoms with E-state index in [4.69, 9.17) is 9.47 Å². The molecule has 25 heavy (non-hydrogen) atoms. The quantitative estimate of drug-likeness (QED) is 0.712. The Kier molecular flexibility index (Phi) is 6.80. The predicted octanol–water partition coefficient (Wildman–Crippen LogP) is 2.10. The van der Waals surface area contributed by atoms with E-state index < -0.39 is 21.8 Å². The summed E-state index contributed by atoms with van der Waals surface area (Å²) in [4.78, 5) is 12.3. The van der Waals surface area contributed by atoms with Crippen LogP contribution in [0.2, 0.25) is 0 Å². The first-order chi connectivity index (χ1) is 11.8. The molecule has 1 heterocycles. The number of ether oxygens (including phenoxy) is 2. The Morgan fingerprint density at radius 2 is 2.20 bits per heavy atom. The second-order valence-corrected chi connectivity index (χ2v) is 8.31. The van der Waals surface area contributed by atoms with Crippen molar-refractivity contribution in [3.63, 3.8) is 0 Å². The Balaban J connectivity index is 1.98. The van der Waals surface area contributed by atoms with Gasteiger partial charge in [0.05, 0.1) is 29.0 Å². The van der Waals surface area contributed by atoms with Crippen LogP contribution in [-0.4, -0.2) is 50.6 Å². The van der Waals surface area contributed by atoms with Crippen LogP contribution in [0.1, 0.15) is 33.1 Å². The number of phenolic OH excluding ortho intramolecular Hbond substituents is 1. The number of amides is 1. The molecule has 0 saturated carbocycles. The highest BCUT2D eigenvalue weighted by Crippen LogP contribution is 2.27. The average molecular weight is 371 g/mol. The van der Waals surface area contributed by atoms with Gasteiger partial charge >= 0.3 is 0 Å². The standard InChI is InChI=1S/C17H25NO6S/c1-3-25(21,22)14-7-8-16(19)15(10-14)18-17(20)12(2)24-11-13-6-4-5-9-23-13/h7-8,10,12-13,19H,3-6,9,11H2,1-2H3,(H,18,20)/t12-,13+/m0/s1. The van der Waals surface area contributed by atoms with Gasteiger partial charge in [-0.3, -0.25) is 4.79 Å². The molecule has 7 nitrogen and oxygen atoms in total. The number of sulfone groups is 1. The third kappa shape index (κ3) is 5.42. The number of rotatable bonds is 7. The first-order valence-electron chi connectivity index (χ1n) is 8.43. The van der Waals surface area contributed by atoms with Gasteiger partial charge in [0.25, 0.3) is 5.91 Å². The minimum absolute atomic E-state index is 0.00423. The summed E-state index contributed by atoms with van der Waals surface area (Å²) in [5, 5.41) is 12.4. The molecule has 1 aromatic carbocycles. The molecule has 1 fully saturated rings. The van der Waals surface area contributed by atoms with Crippen molar-refractivity contribution in [2.75, 3.05) is 24.3 Å². The normalized spacial score (nSPS) is 19.4. The highest BCUT2D eigenvalue weighted by atomic mass is 32.2. The van der Waals surface area contributed by atoms with E-state index in [2.05, 4.69) is 5.32 Å². The summed E-state index contributed by atoms with van der Waals surface area (Å²) in [5.41, 5.74) is 0.0453. The lowest BCUT2D eigenvalue weighted by molar-refractivity contribution is -0.130. The molecule has 0 spiro atoms. The van der Waals surface area contributed by atoms with Crippen LogP contribution in [0.25, 0.3) is 0 Å². The zero-order valence-electron chi connectivity index (χ0n) is 14.5. The summed E-state index contributed by atoms with van der Waals surface area (Å²) < 4.78 is 34.9. The first-order valence-corrected chi connectivity index (χ1v) is 10.1. The van der Waals surface area contributed by atoms with Gasteiger partial charge in [0.1, 0.15) is 11.9 Å². The highest BCUT2D eigenvalue weighted by Gasteiger charge is 2.21. The lowest BCUT2D eigenvalue weighted by Gasteiger charge is -2.24. The van der Waals surface area contributed by atoms with Crippen molar-refractivity contribution >= 4 is 21.4 Å². The van der Waals surface area contributed by atoms with Crippen LogP contribution in [0.3, 0.4) is 0 Å². The lowest BCUT2D eigenvalue weighted by Crippen LogP contribution is -2.32. The molecule has 1 amide bonds. The Labute approximate surface area is 148 Å². The zero-order valence-corrected chi connectivity index (χ0v) is 15.3. The van der Waals surface area contributed by atoms with Gasteiger partial charge < -0.3 is 19.9 Å². The van der Waals surface area contributed by atoms with Crippen LogP contribution in [0.15, 0.2) is 23.1 Å². The maximum absolute atomic E-state index is 12.2. The van der Waals surface area contributed by atoms with Crippen molar-refractivity contribution in [3.05, 3.63) is 18.2 Å². The smallest absolute Gasteiger partial charge is 0.253 e. The predicted molar refractivity (Wildman–Crippen MR) is 93.5 cm³/mol. The van der Waals surface area contributed by atoms with Crippen LogP contribution in [0.5, 0.6) is 5.75 Å². The second kappa shape index (κ2) is 8.64. The lowest BCUT2D eigenvalue weighted by atomic mass is 10.1. The van der Waals surface area contributed by atoms with Gasteiger partial charge in [-0.25, -0.2) is 8.42 Å². The molecule has 1 aliphatic rings. The zero-order chi connectivity index (χ0) is 18.4. The van der Waals surface area contributed by atoms with E-state index in [1.807, 2.05) is 0 Å². The molecule has 140 valence electrons. The average Bonchev–Trinajstić information content (AvgIpc) is 2.62. The second-order valence-electron chi connectivity index (χ2n) is 6.04. The number of aromatic hydroxyl groups is 1. The van der Waals surface area contributed by atoms with Gasteiger partial charge in [0, 0.05) is 6.61 Å². The number of phenols is 1. The number of hydrogen-bond acceptors (Lipinski definition) is 6. The third-order valence-corrected chi connectivity index (χ3v) is 5.87. The van der Waals surface area contributed by atoms with Crippen LogP contribution in [-0.2, 0) is 24.1 Å². The van der Waals surface area contributed by atoms with Crippen LogP contribution in [0.4, 0.5) is 5.69 Å². The van der Waals surface area contributed by atoms with Gasteiger partial charge in [0.2, 0.25) is 0 Å². The first kappa shape index (κ1) is 19.7. The maximum Gasteiger partial charge on any atom is 0.253 e. The SMILES string of the molecule is CCS(=O)(=O)c1ccc(O)c(NC(=O)[C@H](C)OC[C@H]2CCCCO2)c1. The molecule has 0 aliphatic carbocycles. The molecule has 0 radical (unpaired) electrons. The van der Waals surface area contributed by atoms with E-state index in [9.17, 15) is 18.3 Å². The van der Waals surface area contributed by atoms with Crippen LogP contribution < -0.4 is 5.32 Å². The molecule has 2 rings (SSSR count). The molecule has 0 aromatic heterocycles. The number of anilines is 1. The Bertz CT molecular complexity index is 697. The van der Waals surface area contributed by atoms with Crippen LogP contribution in [0, 0.1) is 0 Å². The largest absolute Gasteiger partial charge is 0.506 e. The van der Waals surface area contributed by atoms with Gasteiger partial charge in [-0.1, -0.05) is 6.92 Å². The minimum Gasteiger partial charge on any atom is -0.506 e. The Morgan fingerprint density at radius 3 is 2.84 bits per heavy atom. The molecule has 1 aromatic rings. The fourth-order valence-electron chi connectivity index (χ4n) is 2.48. The topological polar surface area (TPSA) is 102 Å². The molecule has 2 N–H and O–H groups in total. The number of hydrogen-bond donors (Lipinski definition) is 2. The molecular weight excluding hydrogens is 346 g/mol. The van der Waals surface area contributed by atoms with Crippen molar-refractivity contribution in [2.45, 2.75) is 50.2 Å². The molecular formula is C17H25NO6S. The number of carbonyl (C=O) groups is 1. The summed E-state index contributed by atoms with van der Waals surface area (Å²) in [7, 11) is -3.43. The summed E-state index contributed by atoms with van der Waals surface area (Å²) in [6.45, 7) is 4.16. The molecule has 0 bridgehead atoms. The van der Waals surface area contributed by atoms with E-state index in [-0.39, 0.29) is 28.2 Å². The third-order valence-electron chi connectivity index (χ3n) is 4.14. The van der Waals surface area contributed by atoms with Gasteiger partial charge in [-0.15, -0.1) is 0 Å². The Hall–Kier alpha value is -1.64. The minimum atomic E-state index is -3.43.